The quantitative estimate of drug-likeness (QED) is 0.575. The minimum atomic E-state index is -0.153. The molecule has 31 heavy (non-hydrogen) atoms. The molecule has 1 aliphatic rings. The number of nitrogens with zero attached hydrogens (tertiary/aromatic N) is 3. The third-order valence-corrected chi connectivity index (χ3v) is 5.30. The molecule has 1 amide bonds. The SMILES string of the molecule is O=C(COc1ccc(OCc2ccccc2)cc1)NCCc1nnc2n1CCCCC2. The second kappa shape index (κ2) is 10.6. The van der Waals surface area contributed by atoms with Crippen LogP contribution in [0.15, 0.2) is 54.6 Å². The molecule has 0 atom stereocenters. The minimum Gasteiger partial charge on any atom is -0.489 e. The number of aryl methyl sites for hydroxylation is 1. The molecule has 0 radical (unpaired) electrons. The number of hydrogen-bond donors (Lipinski definition) is 1. The van der Waals surface area contributed by atoms with Gasteiger partial charge in [0.15, 0.2) is 6.61 Å². The number of fused-ring (bicyclic) bond motifs is 1. The van der Waals surface area contributed by atoms with E-state index in [2.05, 4.69) is 20.1 Å². The smallest absolute Gasteiger partial charge is 0.257 e. The molecule has 2 aromatic carbocycles. The van der Waals surface area contributed by atoms with Crippen molar-refractivity contribution in [2.75, 3.05) is 13.2 Å². The van der Waals surface area contributed by atoms with Gasteiger partial charge in [-0.3, -0.25) is 4.79 Å². The predicted octanol–water partition coefficient (Wildman–Crippen LogP) is 3.32. The first-order chi connectivity index (χ1) is 15.3. The number of benzene rings is 2. The molecule has 0 saturated carbocycles. The fraction of sp³-hybridized carbons (Fsp3) is 0.375. The van der Waals surface area contributed by atoms with E-state index in [0.29, 0.717) is 25.3 Å². The molecular weight excluding hydrogens is 392 g/mol. The zero-order chi connectivity index (χ0) is 21.3. The van der Waals surface area contributed by atoms with Gasteiger partial charge in [-0.2, -0.15) is 0 Å². The highest BCUT2D eigenvalue weighted by atomic mass is 16.5. The Morgan fingerprint density at radius 2 is 1.71 bits per heavy atom. The van der Waals surface area contributed by atoms with Gasteiger partial charge in [0.2, 0.25) is 0 Å². The second-order valence-corrected chi connectivity index (χ2v) is 7.63. The Morgan fingerprint density at radius 3 is 2.52 bits per heavy atom. The largest absolute Gasteiger partial charge is 0.489 e. The molecule has 1 aromatic heterocycles. The Hall–Kier alpha value is -3.35. The summed E-state index contributed by atoms with van der Waals surface area (Å²) in [5, 5.41) is 11.5. The third kappa shape index (κ3) is 6.07. The van der Waals surface area contributed by atoms with Crippen molar-refractivity contribution in [1.82, 2.24) is 20.1 Å². The van der Waals surface area contributed by atoms with Crippen LogP contribution < -0.4 is 14.8 Å². The Labute approximate surface area is 182 Å². The van der Waals surface area contributed by atoms with Crippen LogP contribution in [-0.4, -0.2) is 33.8 Å². The molecule has 0 fully saturated rings. The number of rotatable bonds is 9. The molecule has 2 heterocycles. The Bertz CT molecular complexity index is 970. The van der Waals surface area contributed by atoms with E-state index in [1.165, 1.54) is 12.8 Å². The highest BCUT2D eigenvalue weighted by molar-refractivity contribution is 5.77. The van der Waals surface area contributed by atoms with Gasteiger partial charge in [-0.25, -0.2) is 0 Å². The number of carbonyl (C=O) groups is 1. The van der Waals surface area contributed by atoms with E-state index in [0.717, 1.165) is 42.3 Å². The van der Waals surface area contributed by atoms with Crippen LogP contribution in [0, 0.1) is 0 Å². The van der Waals surface area contributed by atoms with Gasteiger partial charge in [-0.15, -0.1) is 10.2 Å². The molecular formula is C24H28N4O3. The molecule has 7 nitrogen and oxygen atoms in total. The van der Waals surface area contributed by atoms with Gasteiger partial charge < -0.3 is 19.4 Å². The highest BCUT2D eigenvalue weighted by Gasteiger charge is 2.14. The van der Waals surface area contributed by atoms with Gasteiger partial charge in [0.25, 0.3) is 5.91 Å². The molecule has 7 heteroatoms. The molecule has 1 aliphatic heterocycles. The summed E-state index contributed by atoms with van der Waals surface area (Å²) in [7, 11) is 0. The first-order valence-electron chi connectivity index (χ1n) is 10.9. The molecule has 0 saturated heterocycles. The van der Waals surface area contributed by atoms with E-state index in [4.69, 9.17) is 9.47 Å². The monoisotopic (exact) mass is 420 g/mol. The van der Waals surface area contributed by atoms with Crippen LogP contribution in [-0.2, 0) is 30.8 Å². The van der Waals surface area contributed by atoms with Crippen LogP contribution in [0.1, 0.15) is 36.5 Å². The Balaban J connectivity index is 1.16. The van der Waals surface area contributed by atoms with Gasteiger partial charge in [-0.05, 0) is 42.7 Å². The number of aromatic nitrogens is 3. The fourth-order valence-electron chi connectivity index (χ4n) is 3.62. The maximum atomic E-state index is 12.1. The summed E-state index contributed by atoms with van der Waals surface area (Å²) in [6.07, 6.45) is 5.23. The molecule has 0 aliphatic carbocycles. The maximum absolute atomic E-state index is 12.1. The van der Waals surface area contributed by atoms with Crippen LogP contribution in [0.5, 0.6) is 11.5 Å². The van der Waals surface area contributed by atoms with Gasteiger partial charge in [0.05, 0.1) is 0 Å². The summed E-state index contributed by atoms with van der Waals surface area (Å²) in [4.78, 5) is 12.1. The first-order valence-corrected chi connectivity index (χ1v) is 10.9. The van der Waals surface area contributed by atoms with Crippen molar-refractivity contribution >= 4 is 5.91 Å². The summed E-state index contributed by atoms with van der Waals surface area (Å²) >= 11 is 0. The number of hydrogen-bond acceptors (Lipinski definition) is 5. The maximum Gasteiger partial charge on any atom is 0.257 e. The van der Waals surface area contributed by atoms with Crippen molar-refractivity contribution in [2.24, 2.45) is 0 Å². The summed E-state index contributed by atoms with van der Waals surface area (Å²) in [5.74, 6) is 3.25. The molecule has 0 unspecified atom stereocenters. The molecule has 4 rings (SSSR count). The topological polar surface area (TPSA) is 78.3 Å². The van der Waals surface area contributed by atoms with Crippen LogP contribution in [0.25, 0.3) is 0 Å². The van der Waals surface area contributed by atoms with Crippen molar-refractivity contribution in [3.63, 3.8) is 0 Å². The molecule has 162 valence electrons. The van der Waals surface area contributed by atoms with Crippen molar-refractivity contribution in [3.05, 3.63) is 71.8 Å². The standard InChI is InChI=1S/C24H28N4O3/c29-24(25-15-14-23-27-26-22-9-5-2-6-16-28(22)23)18-31-21-12-10-20(11-13-21)30-17-19-7-3-1-4-8-19/h1,3-4,7-8,10-13H,2,5-6,9,14-18H2,(H,25,29). The predicted molar refractivity (Wildman–Crippen MR) is 117 cm³/mol. The van der Waals surface area contributed by atoms with Crippen LogP contribution in [0.4, 0.5) is 0 Å². The Kier molecular flexibility index (Phi) is 7.16. The number of ether oxygens (including phenoxy) is 2. The summed E-state index contributed by atoms with van der Waals surface area (Å²) < 4.78 is 13.5. The zero-order valence-corrected chi connectivity index (χ0v) is 17.6. The van der Waals surface area contributed by atoms with Crippen LogP contribution in [0.2, 0.25) is 0 Å². The van der Waals surface area contributed by atoms with Gasteiger partial charge in [-0.1, -0.05) is 36.8 Å². The number of carbonyl (C=O) groups excluding carboxylic acids is 1. The lowest BCUT2D eigenvalue weighted by Gasteiger charge is -2.10. The van der Waals surface area contributed by atoms with E-state index in [1.54, 1.807) is 12.1 Å². The summed E-state index contributed by atoms with van der Waals surface area (Å²) in [6, 6.07) is 17.3. The normalized spacial score (nSPS) is 13.2. The second-order valence-electron chi connectivity index (χ2n) is 7.63. The lowest BCUT2D eigenvalue weighted by atomic mass is 10.2. The van der Waals surface area contributed by atoms with E-state index in [1.807, 2.05) is 42.5 Å². The van der Waals surface area contributed by atoms with E-state index < -0.39 is 0 Å². The minimum absolute atomic E-state index is 0.0256. The summed E-state index contributed by atoms with van der Waals surface area (Å²) in [6.45, 7) is 1.98. The fourth-order valence-corrected chi connectivity index (χ4v) is 3.62. The zero-order valence-electron chi connectivity index (χ0n) is 17.6. The van der Waals surface area contributed by atoms with Crippen molar-refractivity contribution in [2.45, 2.75) is 45.3 Å². The van der Waals surface area contributed by atoms with Gasteiger partial charge in [0.1, 0.15) is 29.8 Å². The lowest BCUT2D eigenvalue weighted by molar-refractivity contribution is -0.123. The average Bonchev–Trinajstić information content (AvgIpc) is 3.03. The van der Waals surface area contributed by atoms with E-state index in [-0.39, 0.29) is 12.5 Å². The highest BCUT2D eigenvalue weighted by Crippen LogP contribution is 2.19. The first kappa shape index (κ1) is 20.9. The number of amides is 1. The Morgan fingerprint density at radius 1 is 0.935 bits per heavy atom. The van der Waals surface area contributed by atoms with E-state index in [9.17, 15) is 4.79 Å². The van der Waals surface area contributed by atoms with Crippen molar-refractivity contribution in [1.29, 1.82) is 0 Å². The van der Waals surface area contributed by atoms with Crippen LogP contribution in [0.3, 0.4) is 0 Å². The number of nitrogens with one attached hydrogen (secondary N) is 1. The molecule has 0 spiro atoms. The van der Waals surface area contributed by atoms with Gasteiger partial charge in [0, 0.05) is 25.9 Å². The van der Waals surface area contributed by atoms with Crippen LogP contribution >= 0.6 is 0 Å². The van der Waals surface area contributed by atoms with Gasteiger partial charge >= 0.3 is 0 Å². The van der Waals surface area contributed by atoms with Crippen molar-refractivity contribution < 1.29 is 14.3 Å². The molecule has 0 bridgehead atoms. The average molecular weight is 421 g/mol. The third-order valence-electron chi connectivity index (χ3n) is 5.30. The summed E-state index contributed by atoms with van der Waals surface area (Å²) in [5.41, 5.74) is 1.11. The van der Waals surface area contributed by atoms with Crippen molar-refractivity contribution in [3.8, 4) is 11.5 Å². The molecule has 1 N–H and O–H groups in total. The lowest BCUT2D eigenvalue weighted by Crippen LogP contribution is -2.31. The molecule has 3 aromatic rings. The van der Waals surface area contributed by atoms with E-state index >= 15 is 0 Å².